The molecule has 2 fully saturated rings. The van der Waals surface area contributed by atoms with Gasteiger partial charge in [-0.3, -0.25) is 0 Å². The van der Waals surface area contributed by atoms with Crippen LogP contribution in [0.15, 0.2) is 12.2 Å². The average Bonchev–Trinajstić information content (AvgIpc) is 2.48. The maximum atomic E-state index is 10.7. The number of aliphatic hydroxyl groups excluding tert-OH is 1. The molecule has 3 nitrogen and oxygen atoms in total. The van der Waals surface area contributed by atoms with Crippen LogP contribution in [0.25, 0.3) is 0 Å². The number of hydrogen-bond acceptors (Lipinski definition) is 3. The van der Waals surface area contributed by atoms with Gasteiger partial charge in [-0.2, -0.15) is 0 Å². The predicted molar refractivity (Wildman–Crippen MR) is 73.9 cm³/mol. The minimum absolute atomic E-state index is 0.00660. The smallest absolute Gasteiger partial charge is 0.0730 e. The van der Waals surface area contributed by atoms with Gasteiger partial charge in [-0.1, -0.05) is 12.2 Å². The van der Waals surface area contributed by atoms with E-state index >= 15 is 0 Å². The molecule has 0 bridgehead atoms. The zero-order chi connectivity index (χ0) is 13.1. The Labute approximate surface area is 116 Å². The van der Waals surface area contributed by atoms with Crippen molar-refractivity contribution in [1.29, 1.82) is 0 Å². The monoisotopic (exact) mass is 266 g/mol. The Kier molecular flexibility index (Phi) is 4.25. The molecule has 0 amide bonds. The van der Waals surface area contributed by atoms with Crippen molar-refractivity contribution in [3.8, 4) is 0 Å². The fraction of sp³-hybridized carbons (Fsp3) is 0.875. The van der Waals surface area contributed by atoms with Gasteiger partial charge >= 0.3 is 0 Å². The van der Waals surface area contributed by atoms with Crippen LogP contribution < -0.4 is 0 Å². The first-order valence-corrected chi connectivity index (χ1v) is 7.84. The van der Waals surface area contributed by atoms with E-state index in [0.717, 1.165) is 64.8 Å². The molecular weight excluding hydrogens is 240 g/mol. The Morgan fingerprint density at radius 3 is 2.63 bits per heavy atom. The predicted octanol–water partition coefficient (Wildman–Crippen LogP) is 2.68. The van der Waals surface area contributed by atoms with E-state index < -0.39 is 0 Å². The Bertz CT molecular complexity index is 314. The normalized spacial score (nSPS) is 36.3. The Morgan fingerprint density at radius 2 is 1.89 bits per heavy atom. The molecule has 3 atom stereocenters. The minimum Gasteiger partial charge on any atom is -0.393 e. The van der Waals surface area contributed by atoms with Gasteiger partial charge in [-0.05, 0) is 56.8 Å². The van der Waals surface area contributed by atoms with E-state index in [1.54, 1.807) is 0 Å². The van der Waals surface area contributed by atoms with Gasteiger partial charge in [-0.25, -0.2) is 0 Å². The lowest BCUT2D eigenvalue weighted by Crippen LogP contribution is -2.47. The summed E-state index contributed by atoms with van der Waals surface area (Å²) in [5.41, 5.74) is 0.00660. The van der Waals surface area contributed by atoms with Gasteiger partial charge in [0.1, 0.15) is 0 Å². The first-order chi connectivity index (χ1) is 9.29. The summed E-state index contributed by atoms with van der Waals surface area (Å²) in [6, 6.07) is 0. The molecule has 3 heteroatoms. The number of aliphatic hydroxyl groups is 1. The molecule has 19 heavy (non-hydrogen) atoms. The van der Waals surface area contributed by atoms with E-state index in [1.165, 1.54) is 0 Å². The molecule has 3 aliphatic rings. The first-order valence-electron chi connectivity index (χ1n) is 7.84. The van der Waals surface area contributed by atoms with Crippen LogP contribution in [0.3, 0.4) is 0 Å². The molecule has 3 rings (SSSR count). The molecule has 0 aromatic rings. The maximum absolute atomic E-state index is 10.7. The fourth-order valence-electron chi connectivity index (χ4n) is 3.96. The van der Waals surface area contributed by atoms with Gasteiger partial charge in [0.15, 0.2) is 0 Å². The number of rotatable bonds is 2. The summed E-state index contributed by atoms with van der Waals surface area (Å²) in [5.74, 6) is 0.883. The van der Waals surface area contributed by atoms with Crippen LogP contribution in [0.1, 0.15) is 44.9 Å². The highest BCUT2D eigenvalue weighted by atomic mass is 16.5. The summed E-state index contributed by atoms with van der Waals surface area (Å²) < 4.78 is 11.5. The Morgan fingerprint density at radius 1 is 1.05 bits per heavy atom. The molecule has 3 unspecified atom stereocenters. The lowest BCUT2D eigenvalue weighted by molar-refractivity contribution is -0.162. The van der Waals surface area contributed by atoms with Crippen molar-refractivity contribution in [3.63, 3.8) is 0 Å². The molecule has 2 aliphatic heterocycles. The second-order valence-corrected chi connectivity index (χ2v) is 6.43. The van der Waals surface area contributed by atoms with Crippen LogP contribution in [-0.2, 0) is 9.47 Å². The van der Waals surface area contributed by atoms with Crippen LogP contribution in [-0.4, -0.2) is 36.6 Å². The summed E-state index contributed by atoms with van der Waals surface area (Å²) >= 11 is 0. The van der Waals surface area contributed by atoms with Crippen LogP contribution >= 0.6 is 0 Å². The van der Waals surface area contributed by atoms with Gasteiger partial charge < -0.3 is 14.6 Å². The Balaban J connectivity index is 1.62. The van der Waals surface area contributed by atoms with E-state index in [1.807, 2.05) is 0 Å². The van der Waals surface area contributed by atoms with Crippen molar-refractivity contribution >= 4 is 0 Å². The topological polar surface area (TPSA) is 38.7 Å². The van der Waals surface area contributed by atoms with E-state index in [2.05, 4.69) is 12.2 Å². The molecule has 0 aromatic carbocycles. The van der Waals surface area contributed by atoms with Crippen LogP contribution in [0.5, 0.6) is 0 Å². The van der Waals surface area contributed by atoms with Crippen molar-refractivity contribution in [3.05, 3.63) is 12.2 Å². The van der Waals surface area contributed by atoms with Crippen LogP contribution in [0, 0.1) is 11.8 Å². The van der Waals surface area contributed by atoms with Gasteiger partial charge in [-0.15, -0.1) is 0 Å². The average molecular weight is 266 g/mol. The summed E-state index contributed by atoms with van der Waals surface area (Å²) in [6.07, 6.45) is 11.7. The Hall–Kier alpha value is -0.380. The van der Waals surface area contributed by atoms with Gasteiger partial charge in [0.2, 0.25) is 0 Å². The van der Waals surface area contributed by atoms with E-state index in [-0.39, 0.29) is 11.7 Å². The van der Waals surface area contributed by atoms with Crippen molar-refractivity contribution in [2.45, 2.75) is 56.7 Å². The van der Waals surface area contributed by atoms with Gasteiger partial charge in [0.25, 0.3) is 0 Å². The van der Waals surface area contributed by atoms with Crippen molar-refractivity contribution in [2.75, 3.05) is 19.8 Å². The molecule has 2 heterocycles. The molecule has 2 saturated heterocycles. The molecule has 1 aliphatic carbocycles. The standard InChI is InChI=1S/C16H26O3/c17-15(13-4-2-1-3-5-13)14-6-9-19-16(12-14)7-10-18-11-8-16/h1-2,13-15,17H,3-12H2. The molecule has 0 radical (unpaired) electrons. The van der Waals surface area contributed by atoms with Crippen LogP contribution in [0.2, 0.25) is 0 Å². The lowest BCUT2D eigenvalue weighted by atomic mass is 9.74. The minimum atomic E-state index is -0.145. The highest BCUT2D eigenvalue weighted by Gasteiger charge is 2.42. The number of hydrogen-bond donors (Lipinski definition) is 1. The summed E-state index contributed by atoms with van der Waals surface area (Å²) in [6.45, 7) is 2.44. The van der Waals surface area contributed by atoms with Crippen LogP contribution in [0.4, 0.5) is 0 Å². The third-order valence-electron chi connectivity index (χ3n) is 5.21. The summed E-state index contributed by atoms with van der Waals surface area (Å²) in [7, 11) is 0. The van der Waals surface area contributed by atoms with E-state index in [9.17, 15) is 5.11 Å². The highest BCUT2D eigenvalue weighted by Crippen LogP contribution is 2.40. The SMILES string of the molecule is OC(C1CC=CCC1)C1CCOC2(CCOCC2)C1. The first kappa shape index (κ1) is 13.6. The second-order valence-electron chi connectivity index (χ2n) is 6.43. The lowest BCUT2D eigenvalue weighted by Gasteiger charge is -2.45. The zero-order valence-electron chi connectivity index (χ0n) is 11.7. The largest absolute Gasteiger partial charge is 0.393 e. The van der Waals surface area contributed by atoms with Crippen molar-refractivity contribution in [2.24, 2.45) is 11.8 Å². The third kappa shape index (κ3) is 3.04. The molecule has 0 saturated carbocycles. The maximum Gasteiger partial charge on any atom is 0.0730 e. The summed E-state index contributed by atoms with van der Waals surface area (Å²) in [5, 5.41) is 10.7. The molecule has 1 spiro atoms. The quantitative estimate of drug-likeness (QED) is 0.781. The molecule has 1 N–H and O–H groups in total. The number of allylic oxidation sites excluding steroid dienone is 2. The van der Waals surface area contributed by atoms with Gasteiger partial charge in [0.05, 0.1) is 11.7 Å². The third-order valence-corrected chi connectivity index (χ3v) is 5.21. The van der Waals surface area contributed by atoms with Crippen molar-refractivity contribution < 1.29 is 14.6 Å². The summed E-state index contributed by atoms with van der Waals surface area (Å²) in [4.78, 5) is 0. The van der Waals surface area contributed by atoms with E-state index in [0.29, 0.717) is 11.8 Å². The molecular formula is C16H26O3. The highest BCUT2D eigenvalue weighted by molar-refractivity contribution is 4.96. The fourth-order valence-corrected chi connectivity index (χ4v) is 3.96. The van der Waals surface area contributed by atoms with Crippen molar-refractivity contribution in [1.82, 2.24) is 0 Å². The van der Waals surface area contributed by atoms with E-state index in [4.69, 9.17) is 9.47 Å². The zero-order valence-corrected chi connectivity index (χ0v) is 11.7. The molecule has 108 valence electrons. The molecule has 0 aromatic heterocycles. The van der Waals surface area contributed by atoms with Gasteiger partial charge in [0, 0.05) is 19.8 Å². The number of ether oxygens (including phenoxy) is 2. The second kappa shape index (κ2) is 5.94.